The number of pyridine rings is 1. The van der Waals surface area contributed by atoms with Crippen molar-refractivity contribution in [3.8, 4) is 22.6 Å². The first kappa shape index (κ1) is 19.3. The van der Waals surface area contributed by atoms with E-state index in [1.54, 1.807) is 11.3 Å². The van der Waals surface area contributed by atoms with E-state index in [2.05, 4.69) is 92.9 Å². The van der Waals surface area contributed by atoms with E-state index >= 15 is 0 Å². The van der Waals surface area contributed by atoms with Crippen LogP contribution in [0, 0.1) is 0 Å². The maximum absolute atomic E-state index is 6.33. The number of aromatic nitrogens is 1. The number of fused-ring (bicyclic) bond motifs is 3. The zero-order valence-electron chi connectivity index (χ0n) is 18.3. The monoisotopic (exact) mass is 433 g/mol. The van der Waals surface area contributed by atoms with Crippen molar-refractivity contribution >= 4 is 43.2 Å². The highest BCUT2D eigenvalue weighted by Gasteiger charge is 2.20. The van der Waals surface area contributed by atoms with Gasteiger partial charge >= 0.3 is 0 Å². The first-order valence-electron chi connectivity index (χ1n) is 10.9. The molecule has 6 rings (SSSR count). The summed E-state index contributed by atoms with van der Waals surface area (Å²) in [7, 11) is 0. The molecular formula is C29H23NOS. The topological polar surface area (TPSA) is 26.0 Å². The van der Waals surface area contributed by atoms with E-state index in [0.717, 1.165) is 33.6 Å². The minimum Gasteiger partial charge on any atom is -0.456 e. The zero-order chi connectivity index (χ0) is 21.9. The highest BCUT2D eigenvalue weighted by Crippen LogP contribution is 2.40. The molecule has 0 fully saturated rings. The summed E-state index contributed by atoms with van der Waals surface area (Å²) >= 11 is 1.75. The summed E-state index contributed by atoms with van der Waals surface area (Å²) in [5.41, 5.74) is 5.46. The lowest BCUT2D eigenvalue weighted by Crippen LogP contribution is -2.12. The molecule has 0 atom stereocenters. The van der Waals surface area contributed by atoms with Crippen molar-refractivity contribution in [2.24, 2.45) is 0 Å². The summed E-state index contributed by atoms with van der Waals surface area (Å²) in [5.74, 6) is 0.892. The third-order valence-corrected chi connectivity index (χ3v) is 7.10. The minimum absolute atomic E-state index is 0.0284. The molecule has 2 nitrogen and oxygen atoms in total. The van der Waals surface area contributed by atoms with E-state index in [-0.39, 0.29) is 5.41 Å². The van der Waals surface area contributed by atoms with Crippen LogP contribution in [0.3, 0.4) is 0 Å². The summed E-state index contributed by atoms with van der Waals surface area (Å²) in [6.07, 6.45) is 1.85. The van der Waals surface area contributed by atoms with Gasteiger partial charge in [0.15, 0.2) is 0 Å². The molecule has 3 aromatic carbocycles. The van der Waals surface area contributed by atoms with Gasteiger partial charge in [0.25, 0.3) is 0 Å². The van der Waals surface area contributed by atoms with E-state index in [4.69, 9.17) is 9.40 Å². The van der Waals surface area contributed by atoms with Gasteiger partial charge in [-0.25, -0.2) is 0 Å². The summed E-state index contributed by atoms with van der Waals surface area (Å²) in [6, 6.07) is 25.8. The van der Waals surface area contributed by atoms with Crippen molar-refractivity contribution in [1.29, 1.82) is 0 Å². The van der Waals surface area contributed by atoms with Gasteiger partial charge < -0.3 is 4.42 Å². The van der Waals surface area contributed by atoms with E-state index < -0.39 is 0 Å². The Morgan fingerprint density at radius 3 is 2.44 bits per heavy atom. The second-order valence-electron chi connectivity index (χ2n) is 9.32. The molecule has 0 aliphatic rings. The van der Waals surface area contributed by atoms with E-state index in [9.17, 15) is 0 Å². The number of thiophene rings is 1. The van der Waals surface area contributed by atoms with Crippen molar-refractivity contribution in [2.75, 3.05) is 0 Å². The number of nitrogens with zero attached hydrogens (tertiary/aromatic N) is 1. The number of furan rings is 1. The van der Waals surface area contributed by atoms with E-state index in [1.165, 1.54) is 26.4 Å². The lowest BCUT2D eigenvalue weighted by Gasteiger charge is -2.22. The molecular weight excluding hydrogens is 410 g/mol. The highest BCUT2D eigenvalue weighted by atomic mass is 32.1. The third kappa shape index (κ3) is 3.04. The Morgan fingerprint density at radius 1 is 0.812 bits per heavy atom. The quantitative estimate of drug-likeness (QED) is 0.273. The van der Waals surface area contributed by atoms with Gasteiger partial charge in [-0.05, 0) is 52.1 Å². The Balaban J connectivity index is 1.59. The van der Waals surface area contributed by atoms with Crippen LogP contribution >= 0.6 is 11.3 Å². The second kappa shape index (κ2) is 7.04. The lowest BCUT2D eigenvalue weighted by atomic mass is 9.82. The first-order valence-corrected chi connectivity index (χ1v) is 11.8. The van der Waals surface area contributed by atoms with Crippen LogP contribution in [0.1, 0.15) is 26.3 Å². The van der Waals surface area contributed by atoms with Gasteiger partial charge in [0.05, 0.1) is 5.69 Å². The molecule has 32 heavy (non-hydrogen) atoms. The van der Waals surface area contributed by atoms with Gasteiger partial charge in [-0.2, -0.15) is 0 Å². The Bertz CT molecular complexity index is 1610. The molecule has 6 aromatic rings. The van der Waals surface area contributed by atoms with Crippen molar-refractivity contribution in [3.05, 3.63) is 89.9 Å². The SMILES string of the molecule is CC(C)(C)c1cc(-c2nccc3oc(-c4csc5ccccc45)cc23)cc2ccccc12. The van der Waals surface area contributed by atoms with Crippen LogP contribution in [0.25, 0.3) is 54.4 Å². The van der Waals surface area contributed by atoms with Gasteiger partial charge in [-0.3, -0.25) is 4.98 Å². The largest absolute Gasteiger partial charge is 0.456 e. The van der Waals surface area contributed by atoms with Gasteiger partial charge in [0, 0.05) is 38.2 Å². The standard InChI is InChI=1S/C29H23NOS/c1-29(2,3)24-15-19(14-18-8-4-5-9-20(18)24)28-22-16-26(31-25(22)12-13-30-28)23-17-32-27-11-7-6-10-21(23)27/h4-17H,1-3H3. The molecule has 0 bridgehead atoms. The molecule has 3 heteroatoms. The van der Waals surface area contributed by atoms with Gasteiger partial charge in [0.2, 0.25) is 0 Å². The van der Waals surface area contributed by atoms with Gasteiger partial charge in [-0.15, -0.1) is 11.3 Å². The average molecular weight is 434 g/mol. The normalized spacial score (nSPS) is 12.2. The Kier molecular flexibility index (Phi) is 4.24. The summed E-state index contributed by atoms with van der Waals surface area (Å²) < 4.78 is 7.60. The van der Waals surface area contributed by atoms with E-state index in [1.807, 2.05) is 12.3 Å². The maximum atomic E-state index is 6.33. The Labute approximate surface area is 191 Å². The van der Waals surface area contributed by atoms with Crippen LogP contribution in [0.5, 0.6) is 0 Å². The van der Waals surface area contributed by atoms with Crippen LogP contribution in [-0.4, -0.2) is 4.98 Å². The summed E-state index contributed by atoms with van der Waals surface area (Å²) in [6.45, 7) is 6.80. The molecule has 0 saturated carbocycles. The van der Waals surface area contributed by atoms with Crippen LogP contribution < -0.4 is 0 Å². The molecule has 0 unspecified atom stereocenters. The predicted octanol–water partition coefficient (Wildman–Crippen LogP) is 8.83. The third-order valence-electron chi connectivity index (χ3n) is 6.14. The molecule has 0 radical (unpaired) electrons. The number of rotatable bonds is 2. The number of hydrogen-bond donors (Lipinski definition) is 0. The van der Waals surface area contributed by atoms with Crippen molar-refractivity contribution in [3.63, 3.8) is 0 Å². The second-order valence-corrected chi connectivity index (χ2v) is 10.2. The molecule has 0 aliphatic carbocycles. The van der Waals surface area contributed by atoms with Crippen LogP contribution in [0.4, 0.5) is 0 Å². The number of benzene rings is 3. The zero-order valence-corrected chi connectivity index (χ0v) is 19.2. The molecule has 0 aliphatic heterocycles. The summed E-state index contributed by atoms with van der Waals surface area (Å²) in [5, 5.41) is 7.00. The minimum atomic E-state index is 0.0284. The Hall–Kier alpha value is -3.43. The molecule has 0 amide bonds. The van der Waals surface area contributed by atoms with Crippen LogP contribution in [-0.2, 0) is 5.41 Å². The fourth-order valence-electron chi connectivity index (χ4n) is 4.56. The predicted molar refractivity (Wildman–Crippen MR) is 136 cm³/mol. The first-order chi connectivity index (χ1) is 15.5. The molecule has 3 aromatic heterocycles. The molecule has 0 saturated heterocycles. The fraction of sp³-hybridized carbons (Fsp3) is 0.138. The van der Waals surface area contributed by atoms with Crippen LogP contribution in [0.2, 0.25) is 0 Å². The van der Waals surface area contributed by atoms with Crippen molar-refractivity contribution in [2.45, 2.75) is 26.2 Å². The van der Waals surface area contributed by atoms with Crippen molar-refractivity contribution in [1.82, 2.24) is 4.98 Å². The maximum Gasteiger partial charge on any atom is 0.138 e. The number of hydrogen-bond acceptors (Lipinski definition) is 3. The highest BCUT2D eigenvalue weighted by molar-refractivity contribution is 7.17. The Morgan fingerprint density at radius 2 is 1.59 bits per heavy atom. The van der Waals surface area contributed by atoms with Gasteiger partial charge in [-0.1, -0.05) is 63.2 Å². The summed E-state index contributed by atoms with van der Waals surface area (Å²) in [4.78, 5) is 4.81. The molecule has 156 valence electrons. The average Bonchev–Trinajstić information content (AvgIpc) is 3.41. The van der Waals surface area contributed by atoms with E-state index in [0.29, 0.717) is 0 Å². The molecule has 0 spiro atoms. The molecule has 0 N–H and O–H groups in total. The molecule has 3 heterocycles. The fourth-order valence-corrected chi connectivity index (χ4v) is 5.51. The van der Waals surface area contributed by atoms with Crippen molar-refractivity contribution < 1.29 is 4.42 Å². The smallest absolute Gasteiger partial charge is 0.138 e. The van der Waals surface area contributed by atoms with Crippen LogP contribution in [0.15, 0.2) is 88.8 Å². The lowest BCUT2D eigenvalue weighted by molar-refractivity contribution is 0.596. The van der Waals surface area contributed by atoms with Gasteiger partial charge in [0.1, 0.15) is 11.3 Å².